The van der Waals surface area contributed by atoms with E-state index in [1.165, 1.54) is 4.90 Å². The van der Waals surface area contributed by atoms with Crippen LogP contribution in [-0.2, 0) is 14.3 Å². The Hall–Kier alpha value is -3.10. The second-order valence-corrected chi connectivity index (χ2v) is 7.80. The SMILES string of the molecule is CC1CCCCC12NC(=O)N(CC(=O)Nc1cccc(N3CCOC3=O)c1)C2=O. The molecule has 3 aliphatic rings. The summed E-state index contributed by atoms with van der Waals surface area (Å²) in [6, 6.07) is 6.27. The minimum absolute atomic E-state index is 0.0395. The number of carbonyl (C=O) groups is 4. The van der Waals surface area contributed by atoms with Gasteiger partial charge in [-0.15, -0.1) is 0 Å². The monoisotopic (exact) mass is 400 g/mol. The van der Waals surface area contributed by atoms with Crippen molar-refractivity contribution < 1.29 is 23.9 Å². The van der Waals surface area contributed by atoms with Gasteiger partial charge in [0.1, 0.15) is 18.7 Å². The lowest BCUT2D eigenvalue weighted by atomic mass is 9.73. The number of carbonyl (C=O) groups excluding carboxylic acids is 4. The predicted molar refractivity (Wildman–Crippen MR) is 104 cm³/mol. The Kier molecular flexibility index (Phi) is 4.89. The molecule has 5 amide bonds. The summed E-state index contributed by atoms with van der Waals surface area (Å²) in [5.41, 5.74) is 0.196. The van der Waals surface area contributed by atoms with Crippen LogP contribution in [0.3, 0.4) is 0 Å². The molecular weight excluding hydrogens is 376 g/mol. The molecule has 4 rings (SSSR count). The van der Waals surface area contributed by atoms with Gasteiger partial charge < -0.3 is 15.4 Å². The minimum atomic E-state index is -0.883. The van der Waals surface area contributed by atoms with E-state index in [2.05, 4.69) is 10.6 Å². The molecule has 0 radical (unpaired) electrons. The molecule has 2 N–H and O–H groups in total. The van der Waals surface area contributed by atoms with Crippen molar-refractivity contribution in [2.75, 3.05) is 29.9 Å². The molecule has 1 aliphatic carbocycles. The van der Waals surface area contributed by atoms with Gasteiger partial charge in [0, 0.05) is 11.4 Å². The number of imide groups is 1. The number of benzene rings is 1. The van der Waals surface area contributed by atoms with Crippen LogP contribution in [-0.4, -0.2) is 54.1 Å². The largest absolute Gasteiger partial charge is 0.447 e. The molecule has 0 bridgehead atoms. The van der Waals surface area contributed by atoms with Crippen molar-refractivity contribution in [3.63, 3.8) is 0 Å². The number of amides is 5. The lowest BCUT2D eigenvalue weighted by Gasteiger charge is -2.36. The standard InChI is InChI=1S/C20H24N4O5/c1-13-5-2-3-8-20(13)17(26)24(18(27)22-20)12-16(25)21-14-6-4-7-15(11-14)23-9-10-29-19(23)28/h4,6-7,11,13H,2-3,5,8-10,12H2,1H3,(H,21,25)(H,22,27). The zero-order valence-electron chi connectivity index (χ0n) is 16.3. The Morgan fingerprint density at radius 1 is 1.31 bits per heavy atom. The Labute approximate surface area is 168 Å². The van der Waals surface area contributed by atoms with Gasteiger partial charge in [-0.3, -0.25) is 19.4 Å². The van der Waals surface area contributed by atoms with Gasteiger partial charge in [0.05, 0.1) is 6.54 Å². The number of hydrogen-bond donors (Lipinski definition) is 2. The lowest BCUT2D eigenvalue weighted by Crippen LogP contribution is -2.54. The highest BCUT2D eigenvalue weighted by Crippen LogP contribution is 2.38. The highest BCUT2D eigenvalue weighted by atomic mass is 16.6. The van der Waals surface area contributed by atoms with E-state index in [1.807, 2.05) is 6.92 Å². The Bertz CT molecular complexity index is 872. The van der Waals surface area contributed by atoms with Gasteiger partial charge in [0.25, 0.3) is 5.91 Å². The Balaban J connectivity index is 1.43. The first-order valence-electron chi connectivity index (χ1n) is 9.89. The van der Waals surface area contributed by atoms with Crippen LogP contribution in [0.2, 0.25) is 0 Å². The molecule has 2 saturated heterocycles. The van der Waals surface area contributed by atoms with E-state index in [-0.39, 0.29) is 18.4 Å². The summed E-state index contributed by atoms with van der Waals surface area (Å²) in [5.74, 6) is -0.758. The first-order chi connectivity index (χ1) is 13.9. The molecule has 2 atom stereocenters. The van der Waals surface area contributed by atoms with Crippen molar-refractivity contribution in [2.24, 2.45) is 5.92 Å². The van der Waals surface area contributed by atoms with Crippen molar-refractivity contribution >= 4 is 35.3 Å². The molecular formula is C20H24N4O5. The summed E-state index contributed by atoms with van der Waals surface area (Å²) in [5, 5.41) is 5.54. The molecule has 2 unspecified atom stereocenters. The van der Waals surface area contributed by atoms with Crippen LogP contribution in [0.25, 0.3) is 0 Å². The third kappa shape index (κ3) is 3.41. The van der Waals surface area contributed by atoms with Gasteiger partial charge in [-0.25, -0.2) is 9.59 Å². The van der Waals surface area contributed by atoms with Gasteiger partial charge in [0.15, 0.2) is 0 Å². The van der Waals surface area contributed by atoms with Crippen LogP contribution in [0.15, 0.2) is 24.3 Å². The molecule has 9 nitrogen and oxygen atoms in total. The number of anilines is 2. The molecule has 1 spiro atoms. The topological polar surface area (TPSA) is 108 Å². The van der Waals surface area contributed by atoms with E-state index < -0.39 is 23.6 Å². The quantitative estimate of drug-likeness (QED) is 0.753. The molecule has 154 valence electrons. The molecule has 29 heavy (non-hydrogen) atoms. The van der Waals surface area contributed by atoms with Gasteiger partial charge in [-0.2, -0.15) is 0 Å². The summed E-state index contributed by atoms with van der Waals surface area (Å²) in [7, 11) is 0. The number of urea groups is 1. The Morgan fingerprint density at radius 2 is 2.14 bits per heavy atom. The predicted octanol–water partition coefficient (Wildman–Crippen LogP) is 2.08. The van der Waals surface area contributed by atoms with Crippen LogP contribution in [0.4, 0.5) is 21.0 Å². The highest BCUT2D eigenvalue weighted by molar-refractivity contribution is 6.10. The van der Waals surface area contributed by atoms with Gasteiger partial charge in [-0.1, -0.05) is 25.8 Å². The lowest BCUT2D eigenvalue weighted by molar-refractivity contribution is -0.136. The number of hydrogen-bond acceptors (Lipinski definition) is 5. The van der Waals surface area contributed by atoms with Crippen LogP contribution in [0.1, 0.15) is 32.6 Å². The van der Waals surface area contributed by atoms with E-state index in [0.717, 1.165) is 24.2 Å². The Morgan fingerprint density at radius 3 is 2.86 bits per heavy atom. The molecule has 1 aromatic rings. The number of nitrogens with one attached hydrogen (secondary N) is 2. The van der Waals surface area contributed by atoms with Crippen molar-refractivity contribution in [3.05, 3.63) is 24.3 Å². The second-order valence-electron chi connectivity index (χ2n) is 7.80. The maximum atomic E-state index is 13.0. The zero-order valence-corrected chi connectivity index (χ0v) is 16.3. The number of cyclic esters (lactones) is 1. The van der Waals surface area contributed by atoms with Crippen molar-refractivity contribution in [2.45, 2.75) is 38.1 Å². The maximum Gasteiger partial charge on any atom is 0.414 e. The van der Waals surface area contributed by atoms with Gasteiger partial charge >= 0.3 is 12.1 Å². The summed E-state index contributed by atoms with van der Waals surface area (Å²) in [4.78, 5) is 52.1. The molecule has 2 heterocycles. The molecule has 1 saturated carbocycles. The number of nitrogens with zero attached hydrogens (tertiary/aromatic N) is 2. The molecule has 1 aromatic carbocycles. The van der Waals surface area contributed by atoms with E-state index in [4.69, 9.17) is 4.74 Å². The summed E-state index contributed by atoms with van der Waals surface area (Å²) < 4.78 is 4.93. The van der Waals surface area contributed by atoms with Gasteiger partial charge in [0.2, 0.25) is 5.91 Å². The van der Waals surface area contributed by atoms with E-state index in [9.17, 15) is 19.2 Å². The third-order valence-corrected chi connectivity index (χ3v) is 6.01. The first kappa shape index (κ1) is 19.2. The fraction of sp³-hybridized carbons (Fsp3) is 0.500. The third-order valence-electron chi connectivity index (χ3n) is 6.01. The van der Waals surface area contributed by atoms with Crippen LogP contribution < -0.4 is 15.5 Å². The number of ether oxygens (including phenoxy) is 1. The van der Waals surface area contributed by atoms with Crippen molar-refractivity contribution in [1.82, 2.24) is 10.2 Å². The highest BCUT2D eigenvalue weighted by Gasteiger charge is 2.55. The molecule has 0 aromatic heterocycles. The fourth-order valence-corrected chi connectivity index (χ4v) is 4.36. The smallest absolute Gasteiger partial charge is 0.414 e. The normalized spacial score (nSPS) is 26.7. The van der Waals surface area contributed by atoms with E-state index in [1.54, 1.807) is 24.3 Å². The summed E-state index contributed by atoms with van der Waals surface area (Å²) in [6.07, 6.45) is 2.96. The van der Waals surface area contributed by atoms with Crippen LogP contribution in [0, 0.1) is 5.92 Å². The second kappa shape index (κ2) is 7.38. The van der Waals surface area contributed by atoms with Crippen molar-refractivity contribution in [3.8, 4) is 0 Å². The maximum absolute atomic E-state index is 13.0. The van der Waals surface area contributed by atoms with E-state index >= 15 is 0 Å². The average Bonchev–Trinajstić information content (AvgIpc) is 3.22. The van der Waals surface area contributed by atoms with Crippen LogP contribution in [0.5, 0.6) is 0 Å². The summed E-state index contributed by atoms with van der Waals surface area (Å²) >= 11 is 0. The molecule has 2 aliphatic heterocycles. The van der Waals surface area contributed by atoms with E-state index in [0.29, 0.717) is 30.9 Å². The van der Waals surface area contributed by atoms with Crippen LogP contribution >= 0.6 is 0 Å². The average molecular weight is 400 g/mol. The van der Waals surface area contributed by atoms with Gasteiger partial charge in [-0.05, 0) is 37.0 Å². The number of rotatable bonds is 4. The fourth-order valence-electron chi connectivity index (χ4n) is 4.36. The molecule has 3 fully saturated rings. The van der Waals surface area contributed by atoms with Crippen molar-refractivity contribution in [1.29, 1.82) is 0 Å². The first-order valence-corrected chi connectivity index (χ1v) is 9.89. The molecule has 9 heteroatoms. The summed E-state index contributed by atoms with van der Waals surface area (Å²) in [6.45, 7) is 2.38. The zero-order chi connectivity index (χ0) is 20.6. The minimum Gasteiger partial charge on any atom is -0.447 e.